The lowest BCUT2D eigenvalue weighted by Gasteiger charge is -2.31. The summed E-state index contributed by atoms with van der Waals surface area (Å²) in [5.74, 6) is 1.00. The van der Waals surface area contributed by atoms with Gasteiger partial charge in [-0.1, -0.05) is 13.0 Å². The molecule has 1 saturated heterocycles. The van der Waals surface area contributed by atoms with Crippen molar-refractivity contribution in [2.24, 2.45) is 5.73 Å². The zero-order valence-corrected chi connectivity index (χ0v) is 11.7. The number of thioether (sulfide) groups is 1. The molecule has 0 saturated carbocycles. The summed E-state index contributed by atoms with van der Waals surface area (Å²) in [7, 11) is 0. The minimum absolute atomic E-state index is 0.175. The first kappa shape index (κ1) is 13.8. The second kappa shape index (κ2) is 6.55. The van der Waals surface area contributed by atoms with Crippen LogP contribution in [0.15, 0.2) is 18.2 Å². The normalized spacial score (nSPS) is 21.2. The van der Waals surface area contributed by atoms with E-state index in [9.17, 15) is 4.39 Å². The highest BCUT2D eigenvalue weighted by atomic mass is 32.2. The van der Waals surface area contributed by atoms with Gasteiger partial charge in [-0.15, -0.1) is 0 Å². The van der Waals surface area contributed by atoms with Crippen molar-refractivity contribution in [2.45, 2.75) is 31.7 Å². The number of rotatable bonds is 4. The smallest absolute Gasteiger partial charge is 0.123 e. The topological polar surface area (TPSA) is 29.3 Å². The van der Waals surface area contributed by atoms with Gasteiger partial charge in [0.05, 0.1) is 0 Å². The van der Waals surface area contributed by atoms with Crippen LogP contribution in [0, 0.1) is 5.82 Å². The summed E-state index contributed by atoms with van der Waals surface area (Å²) in [5.41, 5.74) is 7.50. The second-order valence-electron chi connectivity index (χ2n) is 4.81. The maximum atomic E-state index is 13.4. The molecule has 2 rings (SSSR count). The summed E-state index contributed by atoms with van der Waals surface area (Å²) in [6, 6.07) is 5.16. The van der Waals surface area contributed by atoms with Crippen molar-refractivity contribution in [1.29, 1.82) is 0 Å². The maximum Gasteiger partial charge on any atom is 0.123 e. The Bertz CT molecular complexity index is 397. The molecule has 1 aromatic rings. The van der Waals surface area contributed by atoms with Gasteiger partial charge in [0, 0.05) is 37.2 Å². The van der Waals surface area contributed by atoms with Crippen molar-refractivity contribution in [1.82, 2.24) is 4.90 Å². The molecule has 0 radical (unpaired) electrons. The van der Waals surface area contributed by atoms with Gasteiger partial charge >= 0.3 is 0 Å². The molecule has 18 heavy (non-hydrogen) atoms. The van der Waals surface area contributed by atoms with E-state index in [4.69, 9.17) is 5.73 Å². The number of halogens is 1. The maximum absolute atomic E-state index is 13.4. The zero-order valence-electron chi connectivity index (χ0n) is 10.9. The fraction of sp³-hybridized carbons (Fsp3) is 0.571. The van der Waals surface area contributed by atoms with Gasteiger partial charge in [0.25, 0.3) is 0 Å². The largest absolute Gasteiger partial charge is 0.326 e. The molecule has 1 atom stereocenters. The van der Waals surface area contributed by atoms with Crippen molar-refractivity contribution >= 4 is 11.8 Å². The number of hydrogen-bond acceptors (Lipinski definition) is 3. The molecular weight excluding hydrogens is 247 g/mol. The van der Waals surface area contributed by atoms with E-state index in [0.717, 1.165) is 36.0 Å². The van der Waals surface area contributed by atoms with Crippen LogP contribution in [0.3, 0.4) is 0 Å². The van der Waals surface area contributed by atoms with E-state index in [-0.39, 0.29) is 5.82 Å². The third-order valence-electron chi connectivity index (χ3n) is 3.34. The van der Waals surface area contributed by atoms with Gasteiger partial charge in [0.15, 0.2) is 0 Å². The van der Waals surface area contributed by atoms with Gasteiger partial charge in [0.1, 0.15) is 5.82 Å². The van der Waals surface area contributed by atoms with Crippen LogP contribution in [0.1, 0.15) is 24.5 Å². The SMILES string of the molecule is CCC1CN(Cc2cc(F)cc(CN)c2)CCS1. The van der Waals surface area contributed by atoms with Crippen molar-refractivity contribution < 1.29 is 4.39 Å². The van der Waals surface area contributed by atoms with E-state index in [2.05, 4.69) is 23.6 Å². The third-order valence-corrected chi connectivity index (χ3v) is 4.71. The zero-order chi connectivity index (χ0) is 13.0. The van der Waals surface area contributed by atoms with Crippen LogP contribution < -0.4 is 5.73 Å². The van der Waals surface area contributed by atoms with Gasteiger partial charge in [0.2, 0.25) is 0 Å². The summed E-state index contributed by atoms with van der Waals surface area (Å²) in [6.07, 6.45) is 1.21. The van der Waals surface area contributed by atoms with Crippen molar-refractivity contribution in [3.63, 3.8) is 0 Å². The predicted molar refractivity (Wildman–Crippen MR) is 76.1 cm³/mol. The molecule has 1 fully saturated rings. The molecule has 0 amide bonds. The van der Waals surface area contributed by atoms with Crippen LogP contribution in [0.4, 0.5) is 4.39 Å². The minimum atomic E-state index is -0.175. The fourth-order valence-electron chi connectivity index (χ4n) is 2.36. The van der Waals surface area contributed by atoms with Gasteiger partial charge in [-0.25, -0.2) is 4.39 Å². The second-order valence-corrected chi connectivity index (χ2v) is 6.22. The molecular formula is C14H21FN2S. The van der Waals surface area contributed by atoms with Crippen LogP contribution in [0.2, 0.25) is 0 Å². The van der Waals surface area contributed by atoms with E-state index in [1.54, 1.807) is 6.07 Å². The molecule has 1 heterocycles. The van der Waals surface area contributed by atoms with Crippen LogP contribution in [-0.2, 0) is 13.1 Å². The van der Waals surface area contributed by atoms with E-state index in [1.165, 1.54) is 18.2 Å². The lowest BCUT2D eigenvalue weighted by Crippen LogP contribution is -2.37. The quantitative estimate of drug-likeness (QED) is 0.910. The lowest BCUT2D eigenvalue weighted by molar-refractivity contribution is 0.273. The molecule has 1 aliphatic heterocycles. The number of hydrogen-bond donors (Lipinski definition) is 1. The Kier molecular flexibility index (Phi) is 5.03. The molecule has 4 heteroatoms. The van der Waals surface area contributed by atoms with E-state index in [1.807, 2.05) is 6.07 Å². The van der Waals surface area contributed by atoms with Gasteiger partial charge in [-0.05, 0) is 29.7 Å². The lowest BCUT2D eigenvalue weighted by atomic mass is 10.1. The summed E-state index contributed by atoms with van der Waals surface area (Å²) < 4.78 is 13.4. The monoisotopic (exact) mass is 268 g/mol. The van der Waals surface area contributed by atoms with Crippen LogP contribution in [0.25, 0.3) is 0 Å². The van der Waals surface area contributed by atoms with Crippen molar-refractivity contribution in [2.75, 3.05) is 18.8 Å². The highest BCUT2D eigenvalue weighted by Crippen LogP contribution is 2.22. The molecule has 2 nitrogen and oxygen atoms in total. The average molecular weight is 268 g/mol. The Balaban J connectivity index is 2.02. The Morgan fingerprint density at radius 1 is 1.39 bits per heavy atom. The number of nitrogens with zero attached hydrogens (tertiary/aromatic N) is 1. The molecule has 0 aliphatic carbocycles. The molecule has 100 valence electrons. The van der Waals surface area contributed by atoms with Gasteiger partial charge < -0.3 is 5.73 Å². The van der Waals surface area contributed by atoms with E-state index in [0.29, 0.717) is 6.54 Å². The first-order valence-corrected chi connectivity index (χ1v) is 7.58. The molecule has 0 bridgehead atoms. The van der Waals surface area contributed by atoms with Gasteiger partial charge in [-0.2, -0.15) is 11.8 Å². The Hall–Kier alpha value is -0.580. The van der Waals surface area contributed by atoms with E-state index < -0.39 is 0 Å². The summed E-state index contributed by atoms with van der Waals surface area (Å²) in [5, 5.41) is 0.723. The Labute approximate surface area is 113 Å². The molecule has 0 aromatic heterocycles. The highest BCUT2D eigenvalue weighted by molar-refractivity contribution is 8.00. The van der Waals surface area contributed by atoms with E-state index >= 15 is 0 Å². The summed E-state index contributed by atoms with van der Waals surface area (Å²) in [6.45, 7) is 5.67. The van der Waals surface area contributed by atoms with Crippen LogP contribution >= 0.6 is 11.8 Å². The first-order valence-electron chi connectivity index (χ1n) is 6.53. The molecule has 1 aliphatic rings. The minimum Gasteiger partial charge on any atom is -0.326 e. The number of benzene rings is 1. The first-order chi connectivity index (χ1) is 8.71. The third kappa shape index (κ3) is 3.70. The highest BCUT2D eigenvalue weighted by Gasteiger charge is 2.19. The van der Waals surface area contributed by atoms with Crippen LogP contribution in [-0.4, -0.2) is 29.0 Å². The molecule has 0 spiro atoms. The predicted octanol–water partition coefficient (Wildman–Crippen LogP) is 2.61. The molecule has 1 aromatic carbocycles. The summed E-state index contributed by atoms with van der Waals surface area (Å²) >= 11 is 2.05. The van der Waals surface area contributed by atoms with Gasteiger partial charge in [-0.3, -0.25) is 4.90 Å². The number of nitrogens with two attached hydrogens (primary N) is 1. The fourth-order valence-corrected chi connectivity index (χ4v) is 3.60. The average Bonchev–Trinajstić information content (AvgIpc) is 2.38. The summed E-state index contributed by atoms with van der Waals surface area (Å²) in [4.78, 5) is 2.42. The Morgan fingerprint density at radius 2 is 2.17 bits per heavy atom. The van der Waals surface area contributed by atoms with Crippen molar-refractivity contribution in [3.8, 4) is 0 Å². The molecule has 2 N–H and O–H groups in total. The van der Waals surface area contributed by atoms with Crippen LogP contribution in [0.5, 0.6) is 0 Å². The standard InChI is InChI=1S/C14H21FN2S/c1-2-14-10-17(3-4-18-14)9-12-5-11(8-16)6-13(15)7-12/h5-7,14H,2-4,8-10,16H2,1H3. The Morgan fingerprint density at radius 3 is 2.89 bits per heavy atom. The van der Waals surface area contributed by atoms with Crippen molar-refractivity contribution in [3.05, 3.63) is 35.1 Å². The molecule has 1 unspecified atom stereocenters.